The van der Waals surface area contributed by atoms with E-state index in [1.807, 2.05) is 17.8 Å². The normalized spacial score (nSPS) is 11.0. The molecule has 2 heterocycles. The van der Waals surface area contributed by atoms with Crippen molar-refractivity contribution in [2.45, 2.75) is 13.0 Å². The van der Waals surface area contributed by atoms with E-state index in [0.29, 0.717) is 0 Å². The highest BCUT2D eigenvalue weighted by molar-refractivity contribution is 14.0. The summed E-state index contributed by atoms with van der Waals surface area (Å²) in [5.41, 5.74) is 1.25. The number of rotatable bonds is 5. The molecular formula is C14H21IN4S. The lowest BCUT2D eigenvalue weighted by atomic mass is 10.3. The Hall–Kier alpha value is -1.02. The number of thiophene rings is 1. The van der Waals surface area contributed by atoms with E-state index >= 15 is 0 Å². The van der Waals surface area contributed by atoms with Crippen LogP contribution in [0.2, 0.25) is 0 Å². The Bertz CT molecular complexity index is 519. The third-order valence-electron chi connectivity index (χ3n) is 2.82. The van der Waals surface area contributed by atoms with Crippen LogP contribution in [0.1, 0.15) is 10.4 Å². The number of guanidine groups is 1. The molecule has 0 atom stereocenters. The first-order valence-corrected chi connectivity index (χ1v) is 7.23. The summed E-state index contributed by atoms with van der Waals surface area (Å²) < 4.78 is 2.05. The first-order valence-electron chi connectivity index (χ1n) is 6.35. The maximum Gasteiger partial charge on any atom is 0.191 e. The van der Waals surface area contributed by atoms with E-state index in [1.54, 1.807) is 18.4 Å². The Labute approximate surface area is 141 Å². The zero-order valence-corrected chi connectivity index (χ0v) is 14.9. The van der Waals surface area contributed by atoms with Crippen molar-refractivity contribution in [2.75, 3.05) is 13.6 Å². The Kier molecular flexibility index (Phi) is 7.68. The van der Waals surface area contributed by atoms with E-state index in [1.165, 1.54) is 10.4 Å². The van der Waals surface area contributed by atoms with Crippen LogP contribution < -0.4 is 10.6 Å². The molecule has 0 saturated carbocycles. The van der Waals surface area contributed by atoms with Crippen molar-refractivity contribution in [2.24, 2.45) is 12.0 Å². The minimum absolute atomic E-state index is 0. The first-order chi connectivity index (χ1) is 9.28. The zero-order chi connectivity index (χ0) is 13.5. The zero-order valence-electron chi connectivity index (χ0n) is 11.8. The third-order valence-corrected chi connectivity index (χ3v) is 3.76. The average Bonchev–Trinajstić information content (AvgIpc) is 3.05. The minimum Gasteiger partial charge on any atom is -0.357 e. The topological polar surface area (TPSA) is 41.4 Å². The van der Waals surface area contributed by atoms with Gasteiger partial charge in [-0.3, -0.25) is 4.99 Å². The number of aromatic nitrogens is 1. The van der Waals surface area contributed by atoms with E-state index in [9.17, 15) is 0 Å². The summed E-state index contributed by atoms with van der Waals surface area (Å²) in [6.07, 6.45) is 5.18. The lowest BCUT2D eigenvalue weighted by molar-refractivity contribution is 0.797. The van der Waals surface area contributed by atoms with Crippen molar-refractivity contribution in [1.82, 2.24) is 15.2 Å². The second kappa shape index (κ2) is 9.02. The van der Waals surface area contributed by atoms with Gasteiger partial charge in [-0.25, -0.2) is 0 Å². The van der Waals surface area contributed by atoms with E-state index in [0.717, 1.165) is 25.5 Å². The maximum absolute atomic E-state index is 4.22. The van der Waals surface area contributed by atoms with Gasteiger partial charge in [0.2, 0.25) is 0 Å². The summed E-state index contributed by atoms with van der Waals surface area (Å²) in [6.45, 7) is 1.69. The van der Waals surface area contributed by atoms with Gasteiger partial charge in [-0.2, -0.15) is 0 Å². The third kappa shape index (κ3) is 5.54. The van der Waals surface area contributed by atoms with Crippen LogP contribution in [0.4, 0.5) is 0 Å². The van der Waals surface area contributed by atoms with Gasteiger partial charge in [0, 0.05) is 44.5 Å². The fourth-order valence-electron chi connectivity index (χ4n) is 1.83. The maximum atomic E-state index is 4.22. The van der Waals surface area contributed by atoms with Gasteiger partial charge in [-0.15, -0.1) is 35.3 Å². The fraction of sp³-hybridized carbons (Fsp3) is 0.357. The molecule has 4 nitrogen and oxygen atoms in total. The largest absolute Gasteiger partial charge is 0.357 e. The molecule has 0 aliphatic rings. The van der Waals surface area contributed by atoms with Gasteiger partial charge in [-0.05, 0) is 29.5 Å². The summed E-state index contributed by atoms with van der Waals surface area (Å²) in [4.78, 5) is 5.61. The smallest absolute Gasteiger partial charge is 0.191 e. The summed E-state index contributed by atoms with van der Waals surface area (Å²) >= 11 is 1.79. The highest BCUT2D eigenvalue weighted by Gasteiger charge is 1.99. The molecule has 0 aliphatic carbocycles. The second-order valence-electron chi connectivity index (χ2n) is 4.37. The molecule has 110 valence electrons. The van der Waals surface area contributed by atoms with Crippen molar-refractivity contribution >= 4 is 41.3 Å². The Morgan fingerprint density at radius 2 is 2.20 bits per heavy atom. The lowest BCUT2D eigenvalue weighted by Gasteiger charge is -2.10. The van der Waals surface area contributed by atoms with E-state index in [-0.39, 0.29) is 24.0 Å². The Balaban J connectivity index is 0.00000200. The van der Waals surface area contributed by atoms with Crippen LogP contribution in [0.5, 0.6) is 0 Å². The van der Waals surface area contributed by atoms with E-state index < -0.39 is 0 Å². The number of hydrogen-bond acceptors (Lipinski definition) is 2. The molecular weight excluding hydrogens is 383 g/mol. The van der Waals surface area contributed by atoms with E-state index in [4.69, 9.17) is 0 Å². The predicted octanol–water partition coefficient (Wildman–Crippen LogP) is 2.61. The summed E-state index contributed by atoms with van der Waals surface area (Å²) in [7, 11) is 3.82. The van der Waals surface area contributed by atoms with Gasteiger partial charge < -0.3 is 15.2 Å². The van der Waals surface area contributed by atoms with Gasteiger partial charge in [0.15, 0.2) is 5.96 Å². The lowest BCUT2D eigenvalue weighted by Crippen LogP contribution is -2.37. The van der Waals surface area contributed by atoms with Crippen molar-refractivity contribution in [1.29, 1.82) is 0 Å². The summed E-state index contributed by atoms with van der Waals surface area (Å²) in [6, 6.07) is 6.35. The molecule has 2 aromatic rings. The molecule has 0 radical (unpaired) electrons. The standard InChI is InChI=1S/C14H20N4S.HI/c1-15-14(16-7-5-13-4-3-9-19-13)17-10-12-6-8-18(2)11-12;/h3-4,6,8-9,11H,5,7,10H2,1-2H3,(H2,15,16,17);1H. The van der Waals surface area contributed by atoms with Gasteiger partial charge in [-0.1, -0.05) is 6.07 Å². The highest BCUT2D eigenvalue weighted by atomic mass is 127. The molecule has 0 unspecified atom stereocenters. The number of halogens is 1. The van der Waals surface area contributed by atoms with Crippen LogP contribution in [0.25, 0.3) is 0 Å². The van der Waals surface area contributed by atoms with Gasteiger partial charge in [0.25, 0.3) is 0 Å². The van der Waals surface area contributed by atoms with Crippen molar-refractivity contribution in [3.63, 3.8) is 0 Å². The molecule has 0 bridgehead atoms. The molecule has 0 aliphatic heterocycles. The number of nitrogens with one attached hydrogen (secondary N) is 2. The molecule has 2 rings (SSSR count). The quantitative estimate of drug-likeness (QED) is 0.457. The van der Waals surface area contributed by atoms with Crippen LogP contribution in [0.15, 0.2) is 41.0 Å². The molecule has 6 heteroatoms. The molecule has 0 fully saturated rings. The second-order valence-corrected chi connectivity index (χ2v) is 5.40. The van der Waals surface area contributed by atoms with Gasteiger partial charge in [0.1, 0.15) is 0 Å². The van der Waals surface area contributed by atoms with Crippen LogP contribution in [0.3, 0.4) is 0 Å². The van der Waals surface area contributed by atoms with Crippen molar-refractivity contribution in [3.05, 3.63) is 46.4 Å². The Morgan fingerprint density at radius 1 is 1.35 bits per heavy atom. The van der Waals surface area contributed by atoms with Crippen LogP contribution in [0, 0.1) is 0 Å². The SMILES string of the molecule is CN=C(NCCc1cccs1)NCc1ccn(C)c1.I. The Morgan fingerprint density at radius 3 is 2.80 bits per heavy atom. The summed E-state index contributed by atoms with van der Waals surface area (Å²) in [5, 5.41) is 8.74. The fourth-order valence-corrected chi connectivity index (χ4v) is 2.54. The van der Waals surface area contributed by atoms with Gasteiger partial charge in [0.05, 0.1) is 0 Å². The average molecular weight is 404 g/mol. The van der Waals surface area contributed by atoms with E-state index in [2.05, 4.69) is 45.4 Å². The molecule has 0 saturated heterocycles. The van der Waals surface area contributed by atoms with Crippen molar-refractivity contribution < 1.29 is 0 Å². The molecule has 0 aromatic carbocycles. The molecule has 0 spiro atoms. The van der Waals surface area contributed by atoms with Crippen LogP contribution in [-0.2, 0) is 20.0 Å². The minimum atomic E-state index is 0. The molecule has 2 aromatic heterocycles. The molecule has 20 heavy (non-hydrogen) atoms. The van der Waals surface area contributed by atoms with Crippen molar-refractivity contribution in [3.8, 4) is 0 Å². The molecule has 0 amide bonds. The van der Waals surface area contributed by atoms with Gasteiger partial charge >= 0.3 is 0 Å². The first kappa shape index (κ1) is 17.0. The highest BCUT2D eigenvalue weighted by Crippen LogP contribution is 2.07. The molecule has 2 N–H and O–H groups in total. The monoisotopic (exact) mass is 404 g/mol. The predicted molar refractivity (Wildman–Crippen MR) is 97.1 cm³/mol. The number of aryl methyl sites for hydroxylation is 1. The number of hydrogen-bond donors (Lipinski definition) is 2. The number of nitrogens with zero attached hydrogens (tertiary/aromatic N) is 2. The summed E-state index contributed by atoms with van der Waals surface area (Å²) in [5.74, 6) is 0.848. The van der Waals surface area contributed by atoms with Crippen LogP contribution in [-0.4, -0.2) is 24.1 Å². The van der Waals surface area contributed by atoms with Crippen LogP contribution >= 0.6 is 35.3 Å². The number of aliphatic imine (C=N–C) groups is 1.